The van der Waals surface area contributed by atoms with Gasteiger partial charge in [-0.1, -0.05) is 6.42 Å². The first-order chi connectivity index (χ1) is 7.93. The molecule has 0 bridgehead atoms. The van der Waals surface area contributed by atoms with Crippen LogP contribution < -0.4 is 5.32 Å². The molecule has 2 saturated heterocycles. The maximum absolute atomic E-state index is 5.81. The van der Waals surface area contributed by atoms with Gasteiger partial charge < -0.3 is 9.73 Å². The van der Waals surface area contributed by atoms with Gasteiger partial charge in [0, 0.05) is 11.7 Å². The first-order valence-electron chi connectivity index (χ1n) is 6.08. The zero-order chi connectivity index (χ0) is 10.8. The van der Waals surface area contributed by atoms with Crippen molar-refractivity contribution >= 4 is 11.8 Å². The van der Waals surface area contributed by atoms with Gasteiger partial charge in [0.05, 0.1) is 6.04 Å². The first kappa shape index (κ1) is 10.6. The van der Waals surface area contributed by atoms with Crippen LogP contribution in [0.5, 0.6) is 0 Å². The summed E-state index contributed by atoms with van der Waals surface area (Å²) in [4.78, 5) is 0. The van der Waals surface area contributed by atoms with Gasteiger partial charge in [0.1, 0.15) is 0 Å². The third-order valence-electron chi connectivity index (χ3n) is 3.34. The molecule has 0 aromatic carbocycles. The predicted octanol–water partition coefficient (Wildman–Crippen LogP) is 2.10. The van der Waals surface area contributed by atoms with Crippen LogP contribution in [0.3, 0.4) is 0 Å². The van der Waals surface area contributed by atoms with Gasteiger partial charge in [-0.25, -0.2) is 0 Å². The molecule has 1 aromatic rings. The molecule has 2 aliphatic heterocycles. The Morgan fingerprint density at radius 1 is 1.19 bits per heavy atom. The number of hydrogen-bond acceptors (Lipinski definition) is 5. The van der Waals surface area contributed by atoms with E-state index in [9.17, 15) is 0 Å². The second kappa shape index (κ2) is 4.75. The maximum Gasteiger partial charge on any atom is 0.233 e. The molecule has 2 unspecified atom stereocenters. The fraction of sp³-hybridized carbons (Fsp3) is 0.818. The lowest BCUT2D eigenvalue weighted by Crippen LogP contribution is -2.26. The van der Waals surface area contributed by atoms with Gasteiger partial charge in [0.25, 0.3) is 0 Å². The van der Waals surface area contributed by atoms with Crippen molar-refractivity contribution in [2.75, 3.05) is 18.1 Å². The third kappa shape index (κ3) is 2.11. The molecule has 1 aromatic heterocycles. The van der Waals surface area contributed by atoms with Crippen LogP contribution in [0.15, 0.2) is 4.42 Å². The first-order valence-corrected chi connectivity index (χ1v) is 7.23. The van der Waals surface area contributed by atoms with E-state index in [4.69, 9.17) is 4.42 Å². The molecule has 2 atom stereocenters. The molecule has 5 heteroatoms. The summed E-state index contributed by atoms with van der Waals surface area (Å²) in [5.74, 6) is 4.51. The van der Waals surface area contributed by atoms with Crippen molar-refractivity contribution in [2.24, 2.45) is 0 Å². The smallest absolute Gasteiger partial charge is 0.233 e. The molecule has 0 spiro atoms. The number of hydrogen-bond donors (Lipinski definition) is 1. The van der Waals surface area contributed by atoms with Crippen LogP contribution >= 0.6 is 11.8 Å². The SMILES string of the molecule is C1CCC(c2nnc(C3CCSC3)o2)NC1. The Hall–Kier alpha value is -0.550. The zero-order valence-corrected chi connectivity index (χ0v) is 10.1. The minimum Gasteiger partial charge on any atom is -0.423 e. The normalized spacial score (nSPS) is 30.8. The minimum atomic E-state index is 0.295. The number of aromatic nitrogens is 2. The number of nitrogens with zero attached hydrogens (tertiary/aromatic N) is 2. The molecular formula is C11H17N3OS. The largest absolute Gasteiger partial charge is 0.423 e. The van der Waals surface area contributed by atoms with Crippen molar-refractivity contribution in [2.45, 2.75) is 37.6 Å². The summed E-state index contributed by atoms with van der Waals surface area (Å²) >= 11 is 1.98. The number of nitrogens with one attached hydrogen (secondary N) is 1. The number of rotatable bonds is 2. The molecule has 2 aliphatic rings. The standard InChI is InChI=1S/C11H17N3OS/c1-2-5-12-9(3-1)11-14-13-10(15-11)8-4-6-16-7-8/h8-9,12H,1-7H2. The number of piperidine rings is 1. The highest BCUT2D eigenvalue weighted by atomic mass is 32.2. The van der Waals surface area contributed by atoms with E-state index in [-0.39, 0.29) is 0 Å². The summed E-state index contributed by atoms with van der Waals surface area (Å²) in [5, 5.41) is 11.8. The van der Waals surface area contributed by atoms with E-state index in [1.54, 1.807) is 0 Å². The van der Waals surface area contributed by atoms with Gasteiger partial charge in [-0.05, 0) is 31.6 Å². The van der Waals surface area contributed by atoms with E-state index in [0.717, 1.165) is 30.5 Å². The zero-order valence-electron chi connectivity index (χ0n) is 9.32. The molecule has 88 valence electrons. The van der Waals surface area contributed by atoms with E-state index >= 15 is 0 Å². The van der Waals surface area contributed by atoms with E-state index in [1.807, 2.05) is 11.8 Å². The highest BCUT2D eigenvalue weighted by molar-refractivity contribution is 7.99. The van der Waals surface area contributed by atoms with Crippen LogP contribution in [0.25, 0.3) is 0 Å². The Morgan fingerprint density at radius 2 is 2.12 bits per heavy atom. The Morgan fingerprint density at radius 3 is 2.88 bits per heavy atom. The molecule has 2 fully saturated rings. The molecule has 3 heterocycles. The molecule has 0 radical (unpaired) electrons. The molecule has 16 heavy (non-hydrogen) atoms. The molecular weight excluding hydrogens is 222 g/mol. The third-order valence-corrected chi connectivity index (χ3v) is 4.51. The second-order valence-electron chi connectivity index (χ2n) is 4.54. The monoisotopic (exact) mass is 239 g/mol. The summed E-state index contributed by atoms with van der Waals surface area (Å²) < 4.78 is 5.81. The summed E-state index contributed by atoms with van der Waals surface area (Å²) in [5.41, 5.74) is 0. The minimum absolute atomic E-state index is 0.295. The van der Waals surface area contributed by atoms with E-state index < -0.39 is 0 Å². The summed E-state index contributed by atoms with van der Waals surface area (Å²) in [6.07, 6.45) is 4.83. The highest BCUT2D eigenvalue weighted by Crippen LogP contribution is 2.32. The summed E-state index contributed by atoms with van der Waals surface area (Å²) in [6.45, 7) is 1.07. The fourth-order valence-corrected chi connectivity index (χ4v) is 3.56. The van der Waals surface area contributed by atoms with Crippen LogP contribution in [0, 0.1) is 0 Å². The lowest BCUT2D eigenvalue weighted by Gasteiger charge is -2.19. The van der Waals surface area contributed by atoms with Crippen molar-refractivity contribution in [3.8, 4) is 0 Å². The van der Waals surface area contributed by atoms with E-state index in [1.165, 1.54) is 25.0 Å². The van der Waals surface area contributed by atoms with Crippen LogP contribution in [-0.2, 0) is 0 Å². The van der Waals surface area contributed by atoms with E-state index in [0.29, 0.717) is 12.0 Å². The number of thioether (sulfide) groups is 1. The van der Waals surface area contributed by atoms with Crippen molar-refractivity contribution in [3.05, 3.63) is 11.8 Å². The van der Waals surface area contributed by atoms with E-state index in [2.05, 4.69) is 15.5 Å². The maximum atomic E-state index is 5.81. The quantitative estimate of drug-likeness (QED) is 0.856. The molecule has 4 nitrogen and oxygen atoms in total. The van der Waals surface area contributed by atoms with Gasteiger partial charge in [0.15, 0.2) is 0 Å². The summed E-state index contributed by atoms with van der Waals surface area (Å²) in [7, 11) is 0. The van der Waals surface area contributed by atoms with Crippen LogP contribution in [0.1, 0.15) is 49.4 Å². The van der Waals surface area contributed by atoms with Gasteiger partial charge >= 0.3 is 0 Å². The van der Waals surface area contributed by atoms with Crippen LogP contribution in [0.4, 0.5) is 0 Å². The second-order valence-corrected chi connectivity index (χ2v) is 5.69. The Kier molecular flexibility index (Phi) is 3.15. The lowest BCUT2D eigenvalue weighted by molar-refractivity contribution is 0.324. The van der Waals surface area contributed by atoms with Crippen molar-refractivity contribution in [3.63, 3.8) is 0 Å². The molecule has 0 aliphatic carbocycles. The Bertz CT molecular complexity index is 343. The predicted molar refractivity (Wildman–Crippen MR) is 63.6 cm³/mol. The molecule has 0 amide bonds. The Balaban J connectivity index is 1.71. The van der Waals surface area contributed by atoms with Crippen molar-refractivity contribution in [1.82, 2.24) is 15.5 Å². The van der Waals surface area contributed by atoms with Crippen LogP contribution in [-0.4, -0.2) is 28.2 Å². The summed E-state index contributed by atoms with van der Waals surface area (Å²) in [6, 6.07) is 0.295. The molecule has 1 N–H and O–H groups in total. The van der Waals surface area contributed by atoms with Crippen molar-refractivity contribution < 1.29 is 4.42 Å². The average molecular weight is 239 g/mol. The van der Waals surface area contributed by atoms with Crippen molar-refractivity contribution in [1.29, 1.82) is 0 Å². The van der Waals surface area contributed by atoms with Gasteiger partial charge in [-0.2, -0.15) is 11.8 Å². The topological polar surface area (TPSA) is 51.0 Å². The fourth-order valence-electron chi connectivity index (χ4n) is 2.34. The highest BCUT2D eigenvalue weighted by Gasteiger charge is 2.26. The lowest BCUT2D eigenvalue weighted by atomic mass is 10.1. The average Bonchev–Trinajstić information content (AvgIpc) is 3.01. The van der Waals surface area contributed by atoms with Crippen LogP contribution in [0.2, 0.25) is 0 Å². The molecule has 3 rings (SSSR count). The van der Waals surface area contributed by atoms with Gasteiger partial charge in [0.2, 0.25) is 11.8 Å². The molecule has 0 saturated carbocycles. The van der Waals surface area contributed by atoms with Gasteiger partial charge in [-0.3, -0.25) is 0 Å². The van der Waals surface area contributed by atoms with Gasteiger partial charge in [-0.15, -0.1) is 10.2 Å². The Labute approximate surface area is 99.6 Å².